The Kier molecular flexibility index (Phi) is 16.2. The maximum atomic E-state index is 3.60. The Labute approximate surface area is 47.6 Å². The van der Waals surface area contributed by atoms with Crippen molar-refractivity contribution in [2.45, 2.75) is 19.8 Å². The van der Waals surface area contributed by atoms with E-state index in [1.54, 1.807) is 0 Å². The van der Waals surface area contributed by atoms with Crippen LogP contribution in [0.25, 0.3) is 0 Å². The maximum absolute atomic E-state index is 3.60. The molecule has 0 spiro atoms. The molecule has 0 fully saturated rings. The molecule has 0 aliphatic heterocycles. The zero-order valence-electron chi connectivity index (χ0n) is 3.44. The number of unbranched alkanes of at least 4 members (excludes halogenated alkanes) is 1. The first-order valence-electron chi connectivity index (χ1n) is 1.71. The number of hydrogen-bond donors (Lipinski definition) is 0. The van der Waals surface area contributed by atoms with Crippen molar-refractivity contribution in [3.05, 3.63) is 6.92 Å². The van der Waals surface area contributed by atoms with E-state index in [0.717, 1.165) is 6.42 Å². The van der Waals surface area contributed by atoms with Gasteiger partial charge < -0.3 is 6.92 Å². The number of hydrogen-bond acceptors (Lipinski definition) is 0. The predicted octanol–water partition coefficient (Wildman–Crippen LogP) is 1.62. The van der Waals surface area contributed by atoms with Crippen molar-refractivity contribution < 1.29 is 20.4 Å². The third-order valence-corrected chi connectivity index (χ3v) is 0.354. The van der Waals surface area contributed by atoms with Crippen LogP contribution in [0.2, 0.25) is 0 Å². The quantitative estimate of drug-likeness (QED) is 0.407. The largest absolute Gasteiger partial charge is 0.343 e. The molecular formula is C4H9Pd-. The molecule has 0 saturated carbocycles. The molecule has 0 aliphatic rings. The molecule has 0 saturated heterocycles. The van der Waals surface area contributed by atoms with E-state index in [1.165, 1.54) is 6.42 Å². The van der Waals surface area contributed by atoms with Gasteiger partial charge in [-0.05, 0) is 0 Å². The van der Waals surface area contributed by atoms with Gasteiger partial charge in [0.05, 0.1) is 0 Å². The Bertz CT molecular complexity index is 5.61. The third-order valence-electron chi connectivity index (χ3n) is 0.354. The van der Waals surface area contributed by atoms with Gasteiger partial charge in [0.15, 0.2) is 0 Å². The average molecular weight is 164 g/mol. The van der Waals surface area contributed by atoms with Crippen molar-refractivity contribution in [1.82, 2.24) is 0 Å². The smallest absolute Gasteiger partial charge is 0 e. The summed E-state index contributed by atoms with van der Waals surface area (Å²) >= 11 is 0. The van der Waals surface area contributed by atoms with Gasteiger partial charge in [-0.3, -0.25) is 0 Å². The fourth-order valence-corrected chi connectivity index (χ4v) is 0. The van der Waals surface area contributed by atoms with Gasteiger partial charge in [-0.25, -0.2) is 0 Å². The molecule has 0 aliphatic carbocycles. The molecule has 0 radical (unpaired) electrons. The number of rotatable bonds is 1. The van der Waals surface area contributed by atoms with E-state index < -0.39 is 0 Å². The summed E-state index contributed by atoms with van der Waals surface area (Å²) in [7, 11) is 0. The van der Waals surface area contributed by atoms with Crippen LogP contribution < -0.4 is 0 Å². The molecular weight excluding hydrogens is 154 g/mol. The minimum absolute atomic E-state index is 0. The standard InChI is InChI=1S/C4H9.Pd/c1-3-4-2;/h1,3-4H2,2H3;/q-1;. The van der Waals surface area contributed by atoms with Crippen LogP contribution in [0.15, 0.2) is 0 Å². The molecule has 0 unspecified atom stereocenters. The van der Waals surface area contributed by atoms with Crippen molar-refractivity contribution in [2.24, 2.45) is 0 Å². The fourth-order valence-electron chi connectivity index (χ4n) is 0. The van der Waals surface area contributed by atoms with E-state index >= 15 is 0 Å². The van der Waals surface area contributed by atoms with Gasteiger partial charge in [0.2, 0.25) is 0 Å². The Morgan fingerprint density at radius 3 is 1.80 bits per heavy atom. The van der Waals surface area contributed by atoms with E-state index in [1.807, 2.05) is 0 Å². The van der Waals surface area contributed by atoms with E-state index in [9.17, 15) is 0 Å². The molecule has 0 aromatic carbocycles. The molecule has 0 heterocycles. The van der Waals surface area contributed by atoms with Gasteiger partial charge in [0.25, 0.3) is 0 Å². The summed E-state index contributed by atoms with van der Waals surface area (Å²) in [4.78, 5) is 0. The van der Waals surface area contributed by atoms with Crippen molar-refractivity contribution >= 4 is 0 Å². The minimum atomic E-state index is 0. The summed E-state index contributed by atoms with van der Waals surface area (Å²) in [5.74, 6) is 0. The molecule has 36 valence electrons. The summed E-state index contributed by atoms with van der Waals surface area (Å²) in [5.41, 5.74) is 0. The van der Waals surface area contributed by atoms with Crippen LogP contribution in [-0.4, -0.2) is 0 Å². The Morgan fingerprint density at radius 2 is 1.80 bits per heavy atom. The van der Waals surface area contributed by atoms with E-state index in [2.05, 4.69) is 13.8 Å². The van der Waals surface area contributed by atoms with E-state index in [-0.39, 0.29) is 20.4 Å². The first-order valence-corrected chi connectivity index (χ1v) is 1.71. The molecule has 0 N–H and O–H groups in total. The van der Waals surface area contributed by atoms with Gasteiger partial charge in [-0.2, -0.15) is 6.42 Å². The van der Waals surface area contributed by atoms with E-state index in [0.29, 0.717) is 0 Å². The summed E-state index contributed by atoms with van der Waals surface area (Å²) < 4.78 is 0. The zero-order chi connectivity index (χ0) is 3.41. The van der Waals surface area contributed by atoms with Gasteiger partial charge >= 0.3 is 0 Å². The van der Waals surface area contributed by atoms with Crippen LogP contribution in [0.4, 0.5) is 0 Å². The average Bonchev–Trinajstić information content (AvgIpc) is 1.37. The van der Waals surface area contributed by atoms with Crippen molar-refractivity contribution in [1.29, 1.82) is 0 Å². The molecule has 0 aromatic rings. The summed E-state index contributed by atoms with van der Waals surface area (Å²) in [6, 6.07) is 0. The summed E-state index contributed by atoms with van der Waals surface area (Å²) in [6.45, 7) is 5.72. The SMILES string of the molecule is [CH2-]CCC.[Pd]. The molecule has 5 heavy (non-hydrogen) atoms. The monoisotopic (exact) mass is 163 g/mol. The molecule has 1 heteroatoms. The Hall–Kier alpha value is 0.662. The maximum Gasteiger partial charge on any atom is 0 e. The second-order valence-corrected chi connectivity index (χ2v) is 0.854. The van der Waals surface area contributed by atoms with Gasteiger partial charge in [0.1, 0.15) is 0 Å². The topological polar surface area (TPSA) is 0 Å². The van der Waals surface area contributed by atoms with Crippen LogP contribution in [0.3, 0.4) is 0 Å². The molecule has 0 rings (SSSR count). The van der Waals surface area contributed by atoms with E-state index in [4.69, 9.17) is 0 Å². The normalized spacial score (nSPS) is 6.00. The minimum Gasteiger partial charge on any atom is -0.343 e. The fraction of sp³-hybridized carbons (Fsp3) is 0.750. The zero-order valence-corrected chi connectivity index (χ0v) is 4.99. The molecule has 0 atom stereocenters. The van der Waals surface area contributed by atoms with Crippen LogP contribution >= 0.6 is 0 Å². The van der Waals surface area contributed by atoms with Crippen molar-refractivity contribution in [2.75, 3.05) is 0 Å². The molecule has 0 amide bonds. The second-order valence-electron chi connectivity index (χ2n) is 0.854. The summed E-state index contributed by atoms with van der Waals surface area (Å²) in [5, 5.41) is 0. The first kappa shape index (κ1) is 9.18. The van der Waals surface area contributed by atoms with Crippen LogP contribution in [-0.2, 0) is 20.4 Å². The van der Waals surface area contributed by atoms with Crippen molar-refractivity contribution in [3.8, 4) is 0 Å². The van der Waals surface area contributed by atoms with Crippen LogP contribution in [0, 0.1) is 6.92 Å². The Morgan fingerprint density at radius 1 is 1.60 bits per heavy atom. The molecule has 0 bridgehead atoms. The first-order chi connectivity index (χ1) is 1.91. The second kappa shape index (κ2) is 8.82. The molecule has 0 nitrogen and oxygen atoms in total. The van der Waals surface area contributed by atoms with Gasteiger partial charge in [-0.1, -0.05) is 13.3 Å². The third kappa shape index (κ3) is 12.0. The molecule has 0 aromatic heterocycles. The van der Waals surface area contributed by atoms with Crippen molar-refractivity contribution in [3.63, 3.8) is 0 Å². The van der Waals surface area contributed by atoms with Crippen LogP contribution in [0.1, 0.15) is 19.8 Å². The Balaban J connectivity index is 0. The van der Waals surface area contributed by atoms with Gasteiger partial charge in [0, 0.05) is 20.4 Å². The predicted molar refractivity (Wildman–Crippen MR) is 20.3 cm³/mol. The van der Waals surface area contributed by atoms with Crippen LogP contribution in [0.5, 0.6) is 0 Å². The van der Waals surface area contributed by atoms with Gasteiger partial charge in [-0.15, -0.1) is 0 Å². The summed E-state index contributed by atoms with van der Waals surface area (Å²) in [6.07, 6.45) is 2.28.